The Morgan fingerprint density at radius 2 is 1.91 bits per heavy atom. The van der Waals surface area contributed by atoms with Gasteiger partial charge in [0.15, 0.2) is 5.69 Å². The van der Waals surface area contributed by atoms with Gasteiger partial charge in [0.25, 0.3) is 5.91 Å². The van der Waals surface area contributed by atoms with Crippen LogP contribution in [0.1, 0.15) is 47.8 Å². The van der Waals surface area contributed by atoms with Gasteiger partial charge in [-0.25, -0.2) is 9.78 Å². The molecule has 0 aliphatic carbocycles. The molecule has 4 heterocycles. The number of carbonyl (C=O) groups excluding carboxylic acids is 1. The average Bonchev–Trinajstić information content (AvgIpc) is 3.43. The molecular formula is C23H26F3N5O3. The first-order chi connectivity index (χ1) is 16.1. The molecule has 3 aromatic heterocycles. The van der Waals surface area contributed by atoms with Crippen molar-refractivity contribution in [2.24, 2.45) is 0 Å². The highest BCUT2D eigenvalue weighted by molar-refractivity contribution is 5.99. The molecule has 1 unspecified atom stereocenters. The van der Waals surface area contributed by atoms with E-state index in [4.69, 9.17) is 14.9 Å². The zero-order chi connectivity index (χ0) is 24.9. The zero-order valence-electron chi connectivity index (χ0n) is 18.9. The number of hydrogen-bond donors (Lipinski definition) is 1. The molecule has 3 aromatic rings. The third kappa shape index (κ3) is 5.71. The van der Waals surface area contributed by atoms with Gasteiger partial charge in [0.05, 0.1) is 17.3 Å². The molecule has 1 N–H and O–H groups in total. The van der Waals surface area contributed by atoms with E-state index in [2.05, 4.69) is 20.4 Å². The van der Waals surface area contributed by atoms with Gasteiger partial charge in [-0.1, -0.05) is 12.1 Å². The van der Waals surface area contributed by atoms with Gasteiger partial charge in [0, 0.05) is 32.5 Å². The molecule has 182 valence electrons. The average molecular weight is 477 g/mol. The predicted molar refractivity (Wildman–Crippen MR) is 118 cm³/mol. The molecule has 1 amide bonds. The second-order valence-electron chi connectivity index (χ2n) is 7.85. The van der Waals surface area contributed by atoms with Crippen LogP contribution in [0.25, 0.3) is 5.52 Å². The molecule has 11 heteroatoms. The second kappa shape index (κ2) is 10.6. The topological polar surface area (TPSA) is 91.0 Å². The van der Waals surface area contributed by atoms with Gasteiger partial charge in [-0.3, -0.25) is 14.7 Å². The molecule has 0 saturated carbocycles. The van der Waals surface area contributed by atoms with E-state index in [1.165, 1.54) is 0 Å². The fraction of sp³-hybridized carbons (Fsp3) is 0.391. The summed E-state index contributed by atoms with van der Waals surface area (Å²) < 4.78 is 33.8. The van der Waals surface area contributed by atoms with E-state index in [1.54, 1.807) is 4.90 Å². The molecule has 0 bridgehead atoms. The van der Waals surface area contributed by atoms with Crippen molar-refractivity contribution < 1.29 is 27.9 Å². The number of pyridine rings is 2. The van der Waals surface area contributed by atoms with Crippen LogP contribution in [0, 0.1) is 0 Å². The third-order valence-electron chi connectivity index (χ3n) is 5.59. The SMILES string of the molecule is CCN(C)C(=O)c1nc(C2CCCN2Cc2ccccn2)n2ccccc12.O=C(O)C(F)(F)F. The van der Waals surface area contributed by atoms with E-state index in [0.717, 1.165) is 43.0 Å². The Hall–Kier alpha value is -3.47. The second-order valence-corrected chi connectivity index (χ2v) is 7.85. The van der Waals surface area contributed by atoms with Crippen LogP contribution in [0.5, 0.6) is 0 Å². The molecule has 1 saturated heterocycles. The summed E-state index contributed by atoms with van der Waals surface area (Å²) in [7, 11) is 1.82. The molecule has 1 atom stereocenters. The van der Waals surface area contributed by atoms with Gasteiger partial charge in [0.2, 0.25) is 0 Å². The fourth-order valence-corrected chi connectivity index (χ4v) is 3.79. The maximum atomic E-state index is 12.8. The Balaban J connectivity index is 0.000000406. The Bertz CT molecular complexity index is 1130. The molecule has 0 aromatic carbocycles. The Kier molecular flexibility index (Phi) is 7.87. The van der Waals surface area contributed by atoms with Crippen LogP contribution >= 0.6 is 0 Å². The number of aromatic nitrogens is 3. The Morgan fingerprint density at radius 1 is 1.21 bits per heavy atom. The summed E-state index contributed by atoms with van der Waals surface area (Å²) in [5.41, 5.74) is 2.48. The van der Waals surface area contributed by atoms with Gasteiger partial charge < -0.3 is 14.4 Å². The lowest BCUT2D eigenvalue weighted by molar-refractivity contribution is -0.192. The molecule has 1 aliphatic heterocycles. The molecular weight excluding hydrogens is 451 g/mol. The number of carbonyl (C=O) groups is 2. The van der Waals surface area contributed by atoms with E-state index >= 15 is 0 Å². The van der Waals surface area contributed by atoms with E-state index in [-0.39, 0.29) is 11.9 Å². The van der Waals surface area contributed by atoms with E-state index < -0.39 is 12.1 Å². The Labute approximate surface area is 194 Å². The molecule has 34 heavy (non-hydrogen) atoms. The lowest BCUT2D eigenvalue weighted by atomic mass is 10.2. The smallest absolute Gasteiger partial charge is 0.475 e. The lowest BCUT2D eigenvalue weighted by Crippen LogP contribution is -2.27. The standard InChI is InChI=1S/C21H25N5O.C2HF3O2/c1-3-24(2)21(27)19-17-10-5-7-14-26(17)20(23-19)18-11-8-13-25(18)15-16-9-4-6-12-22-16;3-2(4,5)1(6)7/h4-7,9-10,12,14,18H,3,8,11,13,15H2,1-2H3;(H,6,7). The Morgan fingerprint density at radius 3 is 2.53 bits per heavy atom. The van der Waals surface area contributed by atoms with Gasteiger partial charge in [-0.05, 0) is 50.6 Å². The number of aliphatic carboxylic acids is 1. The number of alkyl halides is 3. The molecule has 1 aliphatic rings. The van der Waals surface area contributed by atoms with Crippen LogP contribution in [-0.4, -0.2) is 67.5 Å². The summed E-state index contributed by atoms with van der Waals surface area (Å²) in [6.45, 7) is 4.45. The summed E-state index contributed by atoms with van der Waals surface area (Å²) in [4.78, 5) is 35.2. The van der Waals surface area contributed by atoms with Crippen LogP contribution in [0.3, 0.4) is 0 Å². The largest absolute Gasteiger partial charge is 0.490 e. The fourth-order valence-electron chi connectivity index (χ4n) is 3.79. The number of hydrogen-bond acceptors (Lipinski definition) is 5. The van der Waals surface area contributed by atoms with Crippen molar-refractivity contribution in [1.29, 1.82) is 0 Å². The van der Waals surface area contributed by atoms with Crippen molar-refractivity contribution in [3.05, 3.63) is 66.0 Å². The molecule has 0 spiro atoms. The van der Waals surface area contributed by atoms with Crippen LogP contribution in [-0.2, 0) is 11.3 Å². The van der Waals surface area contributed by atoms with Crippen LogP contribution < -0.4 is 0 Å². The minimum absolute atomic E-state index is 0.0262. The van der Waals surface area contributed by atoms with Crippen molar-refractivity contribution in [3.8, 4) is 0 Å². The minimum Gasteiger partial charge on any atom is -0.475 e. The van der Waals surface area contributed by atoms with Crippen LogP contribution in [0.4, 0.5) is 13.2 Å². The highest BCUT2D eigenvalue weighted by Crippen LogP contribution is 2.33. The summed E-state index contributed by atoms with van der Waals surface area (Å²) in [6.07, 6.45) is 0.926. The number of halogens is 3. The number of carboxylic acid groups (broad SMARTS) is 1. The number of rotatable bonds is 5. The molecule has 4 rings (SSSR count). The van der Waals surface area contributed by atoms with Gasteiger partial charge in [-0.15, -0.1) is 0 Å². The predicted octanol–water partition coefficient (Wildman–Crippen LogP) is 3.79. The maximum Gasteiger partial charge on any atom is 0.490 e. The van der Waals surface area contributed by atoms with E-state index in [9.17, 15) is 18.0 Å². The monoisotopic (exact) mass is 477 g/mol. The van der Waals surface area contributed by atoms with Gasteiger partial charge >= 0.3 is 12.1 Å². The summed E-state index contributed by atoms with van der Waals surface area (Å²) in [5.74, 6) is -1.83. The number of nitrogens with zero attached hydrogens (tertiary/aromatic N) is 5. The highest BCUT2D eigenvalue weighted by Gasteiger charge is 2.38. The summed E-state index contributed by atoms with van der Waals surface area (Å²) in [5, 5.41) is 7.12. The first-order valence-electron chi connectivity index (χ1n) is 10.8. The van der Waals surface area contributed by atoms with Crippen molar-refractivity contribution in [1.82, 2.24) is 24.2 Å². The van der Waals surface area contributed by atoms with Crippen molar-refractivity contribution >= 4 is 17.4 Å². The highest BCUT2D eigenvalue weighted by atomic mass is 19.4. The molecule has 1 fully saturated rings. The maximum absolute atomic E-state index is 12.8. The number of fused-ring (bicyclic) bond motifs is 1. The van der Waals surface area contributed by atoms with Crippen LogP contribution in [0.2, 0.25) is 0 Å². The summed E-state index contributed by atoms with van der Waals surface area (Å²) in [6, 6.07) is 12.1. The number of carboxylic acids is 1. The van der Waals surface area contributed by atoms with Crippen LogP contribution in [0.15, 0.2) is 48.8 Å². The zero-order valence-corrected chi connectivity index (χ0v) is 18.9. The minimum atomic E-state index is -5.08. The first-order valence-corrected chi connectivity index (χ1v) is 10.8. The molecule has 0 radical (unpaired) electrons. The normalized spacial score (nSPS) is 16.2. The lowest BCUT2D eigenvalue weighted by Gasteiger charge is -2.23. The molecule has 8 nitrogen and oxygen atoms in total. The summed E-state index contributed by atoms with van der Waals surface area (Å²) >= 11 is 0. The van der Waals surface area contributed by atoms with Crippen molar-refractivity contribution in [2.45, 2.75) is 38.5 Å². The number of amides is 1. The first kappa shape index (κ1) is 25.2. The number of imidazole rings is 1. The van der Waals surface area contributed by atoms with Crippen molar-refractivity contribution in [3.63, 3.8) is 0 Å². The number of likely N-dealkylation sites (tertiary alicyclic amines) is 1. The quantitative estimate of drug-likeness (QED) is 0.601. The van der Waals surface area contributed by atoms with E-state index in [1.807, 2.05) is 56.7 Å². The van der Waals surface area contributed by atoms with Gasteiger partial charge in [-0.2, -0.15) is 13.2 Å². The van der Waals surface area contributed by atoms with Gasteiger partial charge in [0.1, 0.15) is 5.82 Å². The van der Waals surface area contributed by atoms with E-state index in [0.29, 0.717) is 12.2 Å². The van der Waals surface area contributed by atoms with Crippen molar-refractivity contribution in [2.75, 3.05) is 20.1 Å². The third-order valence-corrected chi connectivity index (χ3v) is 5.59.